The molecule has 124 valence electrons. The molecular formula is C13H21Cl2FN6. The minimum Gasteiger partial charge on any atom is -0.352 e. The smallest absolute Gasteiger partial charge is 0.165 e. The Balaban J connectivity index is 0.00000121. The fraction of sp³-hybridized carbons (Fsp3) is 0.615. The highest BCUT2D eigenvalue weighted by atomic mass is 35.5. The zero-order chi connectivity index (χ0) is 13.9. The molecule has 1 aliphatic heterocycles. The normalized spacial score (nSPS) is 14.5. The van der Waals surface area contributed by atoms with Gasteiger partial charge >= 0.3 is 0 Å². The largest absolute Gasteiger partial charge is 0.352 e. The van der Waals surface area contributed by atoms with E-state index in [2.05, 4.69) is 25.2 Å². The molecule has 6 nitrogen and oxygen atoms in total. The van der Waals surface area contributed by atoms with Gasteiger partial charge in [0.1, 0.15) is 12.5 Å². The Morgan fingerprint density at radius 3 is 2.59 bits per heavy atom. The molecule has 1 fully saturated rings. The Bertz CT molecular complexity index is 599. The Hall–Kier alpha value is -1.18. The maximum Gasteiger partial charge on any atom is 0.165 e. The van der Waals surface area contributed by atoms with Gasteiger partial charge in [-0.05, 0) is 0 Å². The fourth-order valence-corrected chi connectivity index (χ4v) is 2.48. The lowest BCUT2D eigenvalue weighted by atomic mass is 10.3. The SMILES string of the molecule is CCc1nc(N2CCNCC2)c2ncn(CCF)c2n1.Cl.Cl. The third kappa shape index (κ3) is 3.59. The quantitative estimate of drug-likeness (QED) is 0.907. The number of rotatable bonds is 4. The molecule has 0 aliphatic carbocycles. The van der Waals surface area contributed by atoms with Crippen molar-refractivity contribution >= 4 is 41.8 Å². The third-order valence-corrected chi connectivity index (χ3v) is 3.55. The summed E-state index contributed by atoms with van der Waals surface area (Å²) in [6, 6.07) is 0. The van der Waals surface area contributed by atoms with E-state index in [4.69, 9.17) is 0 Å². The van der Waals surface area contributed by atoms with E-state index in [1.807, 2.05) is 6.92 Å². The highest BCUT2D eigenvalue weighted by molar-refractivity contribution is 5.85. The number of halogens is 3. The topological polar surface area (TPSA) is 58.9 Å². The van der Waals surface area contributed by atoms with Crippen LogP contribution < -0.4 is 10.2 Å². The second-order valence-corrected chi connectivity index (χ2v) is 4.85. The summed E-state index contributed by atoms with van der Waals surface area (Å²) < 4.78 is 14.4. The van der Waals surface area contributed by atoms with Crippen LogP contribution >= 0.6 is 24.8 Å². The lowest BCUT2D eigenvalue weighted by Crippen LogP contribution is -2.44. The first kappa shape index (κ1) is 18.9. The van der Waals surface area contributed by atoms with Crippen LogP contribution in [0.1, 0.15) is 12.7 Å². The van der Waals surface area contributed by atoms with Crippen molar-refractivity contribution in [1.29, 1.82) is 0 Å². The lowest BCUT2D eigenvalue weighted by molar-refractivity contribution is 0.449. The van der Waals surface area contributed by atoms with Crippen molar-refractivity contribution in [2.75, 3.05) is 37.8 Å². The summed E-state index contributed by atoms with van der Waals surface area (Å²) in [7, 11) is 0. The zero-order valence-electron chi connectivity index (χ0n) is 12.5. The molecule has 2 aromatic heterocycles. The predicted molar refractivity (Wildman–Crippen MR) is 90.3 cm³/mol. The second kappa shape index (κ2) is 8.45. The van der Waals surface area contributed by atoms with Crippen molar-refractivity contribution in [2.45, 2.75) is 19.9 Å². The summed E-state index contributed by atoms with van der Waals surface area (Å²) in [5.41, 5.74) is 1.51. The predicted octanol–water partition coefficient (Wildman–Crippen LogP) is 1.61. The average Bonchev–Trinajstić information content (AvgIpc) is 2.91. The summed E-state index contributed by atoms with van der Waals surface area (Å²) in [6.07, 6.45) is 2.42. The molecule has 0 radical (unpaired) electrons. The number of aromatic nitrogens is 4. The molecule has 0 amide bonds. The Morgan fingerprint density at radius 1 is 1.23 bits per heavy atom. The van der Waals surface area contributed by atoms with Gasteiger partial charge < -0.3 is 14.8 Å². The Morgan fingerprint density at radius 2 is 1.95 bits per heavy atom. The molecule has 1 saturated heterocycles. The van der Waals surface area contributed by atoms with E-state index >= 15 is 0 Å². The number of nitrogens with one attached hydrogen (secondary N) is 1. The number of anilines is 1. The van der Waals surface area contributed by atoms with Crippen LogP contribution in [0.5, 0.6) is 0 Å². The molecule has 0 saturated carbocycles. The molecule has 3 rings (SSSR count). The number of fused-ring (bicyclic) bond motifs is 1. The van der Waals surface area contributed by atoms with Crippen molar-refractivity contribution in [3.63, 3.8) is 0 Å². The number of alkyl halides is 1. The van der Waals surface area contributed by atoms with Crippen molar-refractivity contribution in [3.8, 4) is 0 Å². The zero-order valence-corrected chi connectivity index (χ0v) is 14.1. The number of aryl methyl sites for hydroxylation is 2. The molecule has 1 N–H and O–H groups in total. The van der Waals surface area contributed by atoms with Crippen molar-refractivity contribution in [2.24, 2.45) is 0 Å². The minimum atomic E-state index is -0.417. The van der Waals surface area contributed by atoms with Gasteiger partial charge in [-0.3, -0.25) is 0 Å². The van der Waals surface area contributed by atoms with E-state index in [1.165, 1.54) is 0 Å². The molecule has 2 aromatic rings. The van der Waals surface area contributed by atoms with Crippen LogP contribution in [0.4, 0.5) is 10.2 Å². The maximum atomic E-state index is 12.6. The van der Waals surface area contributed by atoms with E-state index in [9.17, 15) is 4.39 Å². The molecule has 3 heterocycles. The van der Waals surface area contributed by atoms with Crippen LogP contribution in [0.25, 0.3) is 11.2 Å². The van der Waals surface area contributed by atoms with E-state index in [-0.39, 0.29) is 31.4 Å². The first-order valence-corrected chi connectivity index (χ1v) is 7.07. The minimum absolute atomic E-state index is 0. The van der Waals surface area contributed by atoms with Crippen LogP contribution in [0, 0.1) is 0 Å². The first-order valence-electron chi connectivity index (χ1n) is 7.07. The Labute approximate surface area is 141 Å². The molecule has 22 heavy (non-hydrogen) atoms. The second-order valence-electron chi connectivity index (χ2n) is 4.85. The van der Waals surface area contributed by atoms with Crippen LogP contribution in [-0.4, -0.2) is 52.4 Å². The van der Waals surface area contributed by atoms with E-state index in [1.54, 1.807) is 10.9 Å². The van der Waals surface area contributed by atoms with Crippen LogP contribution in [0.3, 0.4) is 0 Å². The van der Waals surface area contributed by atoms with Crippen LogP contribution in [0.15, 0.2) is 6.33 Å². The molecule has 0 spiro atoms. The number of nitrogens with zero attached hydrogens (tertiary/aromatic N) is 5. The highest BCUT2D eigenvalue weighted by Gasteiger charge is 2.19. The standard InChI is InChI=1S/C13H19FN6.2ClH/c1-2-10-17-12(19-7-4-15-5-8-19)11-13(18-10)20(6-3-14)9-16-11;;/h9,15H,2-8H2,1H3;2*1H. The molecular weight excluding hydrogens is 330 g/mol. The van der Waals surface area contributed by atoms with Crippen molar-refractivity contribution < 1.29 is 4.39 Å². The van der Waals surface area contributed by atoms with E-state index < -0.39 is 6.67 Å². The first-order chi connectivity index (χ1) is 9.83. The van der Waals surface area contributed by atoms with Gasteiger partial charge in [0.15, 0.2) is 17.0 Å². The summed E-state index contributed by atoms with van der Waals surface area (Å²) >= 11 is 0. The number of piperazine rings is 1. The summed E-state index contributed by atoms with van der Waals surface area (Å²) in [5.74, 6) is 1.66. The third-order valence-electron chi connectivity index (χ3n) is 3.55. The van der Waals surface area contributed by atoms with Crippen molar-refractivity contribution in [3.05, 3.63) is 12.2 Å². The van der Waals surface area contributed by atoms with Gasteiger partial charge in [-0.2, -0.15) is 0 Å². The van der Waals surface area contributed by atoms with Gasteiger partial charge in [0.2, 0.25) is 0 Å². The molecule has 0 bridgehead atoms. The fourth-order valence-electron chi connectivity index (χ4n) is 2.48. The number of hydrogen-bond acceptors (Lipinski definition) is 5. The van der Waals surface area contributed by atoms with Crippen LogP contribution in [0.2, 0.25) is 0 Å². The molecule has 9 heteroatoms. The van der Waals surface area contributed by atoms with Gasteiger partial charge in [-0.15, -0.1) is 24.8 Å². The monoisotopic (exact) mass is 350 g/mol. The van der Waals surface area contributed by atoms with E-state index in [0.717, 1.165) is 55.4 Å². The summed E-state index contributed by atoms with van der Waals surface area (Å²) in [5, 5.41) is 3.33. The number of imidazole rings is 1. The highest BCUT2D eigenvalue weighted by Crippen LogP contribution is 2.23. The molecule has 0 unspecified atom stereocenters. The van der Waals surface area contributed by atoms with Gasteiger partial charge in [-0.25, -0.2) is 19.3 Å². The maximum absolute atomic E-state index is 12.6. The van der Waals surface area contributed by atoms with Gasteiger partial charge in [0, 0.05) is 32.6 Å². The van der Waals surface area contributed by atoms with E-state index in [0.29, 0.717) is 0 Å². The van der Waals surface area contributed by atoms with Gasteiger partial charge in [0.25, 0.3) is 0 Å². The van der Waals surface area contributed by atoms with Crippen LogP contribution in [-0.2, 0) is 13.0 Å². The number of hydrogen-bond donors (Lipinski definition) is 1. The molecule has 0 aromatic carbocycles. The van der Waals surface area contributed by atoms with Gasteiger partial charge in [-0.1, -0.05) is 6.92 Å². The van der Waals surface area contributed by atoms with Crippen molar-refractivity contribution in [1.82, 2.24) is 24.8 Å². The Kier molecular flexibility index (Phi) is 7.25. The molecule has 0 atom stereocenters. The average molecular weight is 351 g/mol. The van der Waals surface area contributed by atoms with Gasteiger partial charge in [0.05, 0.1) is 12.9 Å². The molecule has 1 aliphatic rings. The summed E-state index contributed by atoms with van der Waals surface area (Å²) in [6.45, 7) is 5.60. The summed E-state index contributed by atoms with van der Waals surface area (Å²) in [4.78, 5) is 15.8. The lowest BCUT2D eigenvalue weighted by Gasteiger charge is -2.28.